The number of methoxy groups -OCH3 is 1. The highest BCUT2D eigenvalue weighted by molar-refractivity contribution is 6.03. The Morgan fingerprint density at radius 1 is 1.27 bits per heavy atom. The van der Waals surface area contributed by atoms with Crippen molar-refractivity contribution >= 4 is 5.78 Å². The molecule has 1 heterocycles. The van der Waals surface area contributed by atoms with Crippen molar-refractivity contribution in [1.29, 1.82) is 0 Å². The number of rotatable bonds is 5. The third kappa shape index (κ3) is 3.68. The number of carbonyl (C=O) groups is 1. The van der Waals surface area contributed by atoms with Crippen LogP contribution >= 0.6 is 0 Å². The first-order chi connectivity index (χ1) is 12.3. The third-order valence-corrected chi connectivity index (χ3v) is 4.61. The van der Waals surface area contributed by atoms with Gasteiger partial charge in [0, 0.05) is 11.6 Å². The van der Waals surface area contributed by atoms with Gasteiger partial charge in [-0.3, -0.25) is 4.79 Å². The molecule has 2 aromatic rings. The van der Waals surface area contributed by atoms with Gasteiger partial charge in [0.25, 0.3) is 0 Å². The van der Waals surface area contributed by atoms with E-state index >= 15 is 0 Å². The van der Waals surface area contributed by atoms with E-state index in [-0.39, 0.29) is 23.5 Å². The fourth-order valence-corrected chi connectivity index (χ4v) is 3.22. The lowest BCUT2D eigenvalue weighted by Gasteiger charge is -2.29. The molecule has 1 unspecified atom stereocenters. The molecule has 0 aromatic heterocycles. The van der Waals surface area contributed by atoms with Crippen LogP contribution in [0.5, 0.6) is 17.2 Å². The topological polar surface area (TPSA) is 76.0 Å². The van der Waals surface area contributed by atoms with Gasteiger partial charge in [0.2, 0.25) is 0 Å². The molecule has 1 atom stereocenters. The van der Waals surface area contributed by atoms with Gasteiger partial charge in [0.15, 0.2) is 5.78 Å². The maximum Gasteiger partial charge on any atom is 0.174 e. The molecule has 26 heavy (non-hydrogen) atoms. The van der Waals surface area contributed by atoms with Crippen molar-refractivity contribution in [3.05, 3.63) is 53.1 Å². The summed E-state index contributed by atoms with van der Waals surface area (Å²) < 4.78 is 11.6. The molecule has 0 spiro atoms. The molecule has 2 aromatic carbocycles. The SMILES string of the molecule is COc1cc(O)c2c(c1CCC(C)(C)O)OC(c1ccccc1)CC2=O. The van der Waals surface area contributed by atoms with Gasteiger partial charge in [-0.2, -0.15) is 0 Å². The van der Waals surface area contributed by atoms with Crippen LogP contribution in [0.3, 0.4) is 0 Å². The van der Waals surface area contributed by atoms with E-state index in [1.807, 2.05) is 30.3 Å². The van der Waals surface area contributed by atoms with E-state index in [1.54, 1.807) is 13.8 Å². The highest BCUT2D eigenvalue weighted by Gasteiger charge is 2.34. The van der Waals surface area contributed by atoms with Crippen molar-refractivity contribution in [2.45, 2.75) is 44.8 Å². The maximum absolute atomic E-state index is 12.7. The first-order valence-electron chi connectivity index (χ1n) is 8.70. The summed E-state index contributed by atoms with van der Waals surface area (Å²) >= 11 is 0. The first kappa shape index (κ1) is 18.3. The number of fused-ring (bicyclic) bond motifs is 1. The minimum Gasteiger partial charge on any atom is -0.507 e. The van der Waals surface area contributed by atoms with Crippen LogP contribution in [0.25, 0.3) is 0 Å². The van der Waals surface area contributed by atoms with Gasteiger partial charge in [0.05, 0.1) is 19.1 Å². The molecule has 0 radical (unpaired) electrons. The monoisotopic (exact) mass is 356 g/mol. The number of hydrogen-bond donors (Lipinski definition) is 2. The smallest absolute Gasteiger partial charge is 0.174 e. The Labute approximate surface area is 153 Å². The summed E-state index contributed by atoms with van der Waals surface area (Å²) in [6.45, 7) is 3.45. The standard InChI is InChI=1S/C21H24O5/c1-21(2,24)10-9-14-18(25-3)12-16(23)19-15(22)11-17(26-20(14)19)13-7-5-4-6-8-13/h4-8,12,17,23-24H,9-11H2,1-3H3. The number of hydrogen-bond acceptors (Lipinski definition) is 5. The molecule has 0 saturated heterocycles. The first-order valence-corrected chi connectivity index (χ1v) is 8.70. The maximum atomic E-state index is 12.7. The van der Waals surface area contributed by atoms with E-state index in [9.17, 15) is 15.0 Å². The normalized spacial score (nSPS) is 16.8. The van der Waals surface area contributed by atoms with Gasteiger partial charge < -0.3 is 19.7 Å². The average Bonchev–Trinajstić information content (AvgIpc) is 2.60. The molecule has 0 bridgehead atoms. The second-order valence-corrected chi connectivity index (χ2v) is 7.24. The van der Waals surface area contributed by atoms with E-state index in [2.05, 4.69) is 0 Å². The zero-order chi connectivity index (χ0) is 18.9. The summed E-state index contributed by atoms with van der Waals surface area (Å²) in [6, 6.07) is 11.0. The van der Waals surface area contributed by atoms with Crippen LogP contribution in [0, 0.1) is 0 Å². The summed E-state index contributed by atoms with van der Waals surface area (Å²) in [7, 11) is 1.51. The minimum absolute atomic E-state index is 0.139. The van der Waals surface area contributed by atoms with Gasteiger partial charge in [-0.15, -0.1) is 0 Å². The number of aliphatic hydroxyl groups is 1. The number of phenols is 1. The Balaban J connectivity index is 2.06. The molecule has 0 amide bonds. The molecule has 1 aliphatic rings. The van der Waals surface area contributed by atoms with E-state index in [1.165, 1.54) is 13.2 Å². The second kappa shape index (κ2) is 7.00. The van der Waals surface area contributed by atoms with Crippen molar-refractivity contribution < 1.29 is 24.5 Å². The van der Waals surface area contributed by atoms with E-state index in [0.29, 0.717) is 29.9 Å². The lowest BCUT2D eigenvalue weighted by molar-refractivity contribution is 0.0705. The van der Waals surface area contributed by atoms with Crippen LogP contribution in [-0.4, -0.2) is 28.7 Å². The number of carbonyl (C=O) groups excluding carboxylic acids is 1. The minimum atomic E-state index is -0.868. The molecule has 1 aliphatic heterocycles. The van der Waals surface area contributed by atoms with Gasteiger partial charge in [-0.1, -0.05) is 30.3 Å². The van der Waals surface area contributed by atoms with Crippen molar-refractivity contribution in [2.75, 3.05) is 7.11 Å². The number of ether oxygens (including phenoxy) is 2. The highest BCUT2D eigenvalue weighted by Crippen LogP contribution is 2.46. The summed E-state index contributed by atoms with van der Waals surface area (Å²) in [4.78, 5) is 12.7. The Bertz CT molecular complexity index is 805. The number of aromatic hydroxyl groups is 1. The quantitative estimate of drug-likeness (QED) is 0.852. The zero-order valence-electron chi connectivity index (χ0n) is 15.3. The van der Waals surface area contributed by atoms with Crippen LogP contribution in [0.2, 0.25) is 0 Å². The van der Waals surface area contributed by atoms with Gasteiger partial charge >= 0.3 is 0 Å². The average molecular weight is 356 g/mol. The molecule has 0 aliphatic carbocycles. The largest absolute Gasteiger partial charge is 0.507 e. The Morgan fingerprint density at radius 2 is 1.96 bits per heavy atom. The van der Waals surface area contributed by atoms with Crippen molar-refractivity contribution in [2.24, 2.45) is 0 Å². The van der Waals surface area contributed by atoms with E-state index in [4.69, 9.17) is 9.47 Å². The van der Waals surface area contributed by atoms with Crippen molar-refractivity contribution in [3.8, 4) is 17.2 Å². The molecule has 138 valence electrons. The zero-order valence-corrected chi connectivity index (χ0v) is 15.3. The predicted molar refractivity (Wildman–Crippen MR) is 98.0 cm³/mol. The van der Waals surface area contributed by atoms with Gasteiger partial charge in [0.1, 0.15) is 28.9 Å². The van der Waals surface area contributed by atoms with Crippen molar-refractivity contribution in [3.63, 3.8) is 0 Å². The van der Waals surface area contributed by atoms with Crippen LogP contribution in [0.4, 0.5) is 0 Å². The number of phenolic OH excluding ortho intramolecular Hbond substituents is 1. The lowest BCUT2D eigenvalue weighted by Crippen LogP contribution is -2.23. The number of ketones is 1. The third-order valence-electron chi connectivity index (χ3n) is 4.61. The molecule has 0 fully saturated rings. The van der Waals surface area contributed by atoms with E-state index < -0.39 is 11.7 Å². The fourth-order valence-electron chi connectivity index (χ4n) is 3.22. The fraction of sp³-hybridized carbons (Fsp3) is 0.381. The van der Waals surface area contributed by atoms with Crippen LogP contribution in [-0.2, 0) is 6.42 Å². The molecule has 3 rings (SSSR count). The second-order valence-electron chi connectivity index (χ2n) is 7.24. The molecule has 0 saturated carbocycles. The molecular formula is C21H24O5. The summed E-state index contributed by atoms with van der Waals surface area (Å²) in [6.07, 6.45) is 0.684. The van der Waals surface area contributed by atoms with E-state index in [0.717, 1.165) is 5.56 Å². The Morgan fingerprint density at radius 3 is 2.58 bits per heavy atom. The summed E-state index contributed by atoms with van der Waals surface area (Å²) in [5.74, 6) is 0.508. The predicted octanol–water partition coefficient (Wildman–Crippen LogP) is 3.81. The number of Topliss-reactive ketones (excluding diaryl/α,β-unsaturated/α-hetero) is 1. The van der Waals surface area contributed by atoms with Crippen LogP contribution in [0.15, 0.2) is 36.4 Å². The summed E-state index contributed by atoms with van der Waals surface area (Å²) in [5, 5.41) is 20.4. The number of benzene rings is 2. The Hall–Kier alpha value is -2.53. The lowest BCUT2D eigenvalue weighted by atomic mass is 9.90. The van der Waals surface area contributed by atoms with Gasteiger partial charge in [-0.25, -0.2) is 0 Å². The molecule has 5 heteroatoms. The highest BCUT2D eigenvalue weighted by atomic mass is 16.5. The molecule has 5 nitrogen and oxygen atoms in total. The summed E-state index contributed by atoms with van der Waals surface area (Å²) in [5.41, 5.74) is 0.926. The Kier molecular flexibility index (Phi) is 4.92. The van der Waals surface area contributed by atoms with Crippen LogP contribution in [0.1, 0.15) is 54.3 Å². The van der Waals surface area contributed by atoms with Gasteiger partial charge in [-0.05, 0) is 32.3 Å². The van der Waals surface area contributed by atoms with Crippen LogP contribution < -0.4 is 9.47 Å². The molecular weight excluding hydrogens is 332 g/mol. The molecule has 2 N–H and O–H groups in total. The van der Waals surface area contributed by atoms with Crippen molar-refractivity contribution in [1.82, 2.24) is 0 Å².